The molecule has 1 aliphatic rings. The fourth-order valence-electron chi connectivity index (χ4n) is 2.89. The van der Waals surface area contributed by atoms with Crippen LogP contribution < -0.4 is 5.32 Å². The third-order valence-electron chi connectivity index (χ3n) is 4.72. The third kappa shape index (κ3) is 4.09. The zero-order valence-corrected chi connectivity index (χ0v) is 13.7. The van der Waals surface area contributed by atoms with Crippen molar-refractivity contribution in [3.05, 3.63) is 35.4 Å². The minimum absolute atomic E-state index is 0.268. The molecule has 0 unspecified atom stereocenters. The Kier molecular flexibility index (Phi) is 5.26. The highest BCUT2D eigenvalue weighted by molar-refractivity contribution is 5.32. The minimum Gasteiger partial charge on any atom is -0.316 e. The molecule has 112 valence electrons. The number of hydrogen-bond acceptors (Lipinski definition) is 1. The fraction of sp³-hybridized carbons (Fsp3) is 0.684. The zero-order valence-electron chi connectivity index (χ0n) is 13.7. The van der Waals surface area contributed by atoms with E-state index in [1.165, 1.54) is 31.2 Å². The van der Waals surface area contributed by atoms with Crippen LogP contribution in [-0.2, 0) is 5.41 Å². The van der Waals surface area contributed by atoms with Gasteiger partial charge in [-0.3, -0.25) is 0 Å². The molecule has 0 amide bonds. The molecule has 0 atom stereocenters. The van der Waals surface area contributed by atoms with Crippen LogP contribution >= 0.6 is 0 Å². The maximum Gasteiger partial charge on any atom is -0.00258 e. The van der Waals surface area contributed by atoms with Crippen LogP contribution in [0.5, 0.6) is 0 Å². The van der Waals surface area contributed by atoms with E-state index in [0.29, 0.717) is 0 Å². The van der Waals surface area contributed by atoms with E-state index in [1.54, 1.807) is 5.56 Å². The van der Waals surface area contributed by atoms with Gasteiger partial charge in [0.05, 0.1) is 0 Å². The summed E-state index contributed by atoms with van der Waals surface area (Å²) in [6.45, 7) is 11.5. The van der Waals surface area contributed by atoms with Gasteiger partial charge in [-0.2, -0.15) is 0 Å². The maximum atomic E-state index is 3.57. The SMILES string of the molecule is CC(C)CNCCC(C)(C)c1cccc(C2CCC2)c1. The van der Waals surface area contributed by atoms with E-state index in [4.69, 9.17) is 0 Å². The third-order valence-corrected chi connectivity index (χ3v) is 4.72. The van der Waals surface area contributed by atoms with Crippen LogP contribution in [-0.4, -0.2) is 13.1 Å². The standard InChI is InChI=1S/C19H31N/c1-15(2)14-20-12-11-19(3,4)18-10-6-9-17(13-18)16-7-5-8-16/h6,9-10,13,15-16,20H,5,7-8,11-12,14H2,1-4H3. The molecule has 0 heterocycles. The number of benzene rings is 1. The van der Waals surface area contributed by atoms with Crippen molar-refractivity contribution in [2.75, 3.05) is 13.1 Å². The highest BCUT2D eigenvalue weighted by Crippen LogP contribution is 2.38. The van der Waals surface area contributed by atoms with Crippen LogP contribution in [0.1, 0.15) is 70.4 Å². The fourth-order valence-corrected chi connectivity index (χ4v) is 2.89. The molecule has 1 aromatic rings. The molecule has 2 rings (SSSR count). The number of hydrogen-bond donors (Lipinski definition) is 1. The Morgan fingerprint density at radius 1 is 1.25 bits per heavy atom. The molecule has 1 aromatic carbocycles. The van der Waals surface area contributed by atoms with Gasteiger partial charge in [0, 0.05) is 0 Å². The van der Waals surface area contributed by atoms with Gasteiger partial charge in [-0.25, -0.2) is 0 Å². The van der Waals surface area contributed by atoms with Gasteiger partial charge >= 0.3 is 0 Å². The Morgan fingerprint density at radius 3 is 2.60 bits per heavy atom. The van der Waals surface area contributed by atoms with E-state index in [0.717, 1.165) is 24.9 Å². The van der Waals surface area contributed by atoms with Crippen molar-refractivity contribution in [1.82, 2.24) is 5.32 Å². The van der Waals surface area contributed by atoms with E-state index in [9.17, 15) is 0 Å². The van der Waals surface area contributed by atoms with Crippen LogP contribution in [0, 0.1) is 5.92 Å². The largest absolute Gasteiger partial charge is 0.316 e. The summed E-state index contributed by atoms with van der Waals surface area (Å²) in [6, 6.07) is 9.35. The first-order valence-corrected chi connectivity index (χ1v) is 8.30. The highest BCUT2D eigenvalue weighted by Gasteiger charge is 2.23. The van der Waals surface area contributed by atoms with Crippen molar-refractivity contribution in [1.29, 1.82) is 0 Å². The Balaban J connectivity index is 1.93. The second-order valence-corrected chi connectivity index (χ2v) is 7.49. The van der Waals surface area contributed by atoms with Crippen LogP contribution in [0.2, 0.25) is 0 Å². The molecule has 0 saturated heterocycles. The van der Waals surface area contributed by atoms with E-state index >= 15 is 0 Å². The Bertz CT molecular complexity index is 416. The lowest BCUT2D eigenvalue weighted by Crippen LogP contribution is -2.28. The molecule has 1 nitrogen and oxygen atoms in total. The summed E-state index contributed by atoms with van der Waals surface area (Å²) >= 11 is 0. The molecule has 0 bridgehead atoms. The van der Waals surface area contributed by atoms with Gasteiger partial charge in [-0.15, -0.1) is 0 Å². The highest BCUT2D eigenvalue weighted by atomic mass is 14.9. The lowest BCUT2D eigenvalue weighted by Gasteiger charge is -2.30. The molecular formula is C19H31N. The maximum absolute atomic E-state index is 3.57. The van der Waals surface area contributed by atoms with Gasteiger partial charge in [-0.05, 0) is 60.7 Å². The van der Waals surface area contributed by atoms with Gasteiger partial charge in [-0.1, -0.05) is 58.4 Å². The Hall–Kier alpha value is -0.820. The summed E-state index contributed by atoms with van der Waals surface area (Å²) in [7, 11) is 0. The molecule has 20 heavy (non-hydrogen) atoms. The van der Waals surface area contributed by atoms with Gasteiger partial charge < -0.3 is 5.32 Å². The van der Waals surface area contributed by atoms with Crippen molar-refractivity contribution in [3.8, 4) is 0 Å². The first-order chi connectivity index (χ1) is 9.49. The van der Waals surface area contributed by atoms with Crippen molar-refractivity contribution in [2.24, 2.45) is 5.92 Å². The van der Waals surface area contributed by atoms with E-state index in [2.05, 4.69) is 57.3 Å². The predicted octanol–water partition coefficient (Wildman–Crippen LogP) is 4.87. The average molecular weight is 273 g/mol. The minimum atomic E-state index is 0.268. The summed E-state index contributed by atoms with van der Waals surface area (Å²) in [5, 5.41) is 3.57. The van der Waals surface area contributed by atoms with E-state index in [-0.39, 0.29) is 5.41 Å². The van der Waals surface area contributed by atoms with Crippen LogP contribution in [0.25, 0.3) is 0 Å². The van der Waals surface area contributed by atoms with Gasteiger partial charge in [0.25, 0.3) is 0 Å². The average Bonchev–Trinajstić information content (AvgIpc) is 2.33. The molecular weight excluding hydrogens is 242 g/mol. The molecule has 0 aromatic heterocycles. The normalized spacial score (nSPS) is 16.4. The molecule has 1 aliphatic carbocycles. The van der Waals surface area contributed by atoms with Crippen LogP contribution in [0.15, 0.2) is 24.3 Å². The van der Waals surface area contributed by atoms with Crippen molar-refractivity contribution in [2.45, 2.75) is 64.7 Å². The van der Waals surface area contributed by atoms with E-state index in [1.807, 2.05) is 0 Å². The second kappa shape index (κ2) is 6.76. The smallest absolute Gasteiger partial charge is 0.00258 e. The zero-order chi connectivity index (χ0) is 14.6. The number of nitrogens with one attached hydrogen (secondary N) is 1. The summed E-state index contributed by atoms with van der Waals surface area (Å²) < 4.78 is 0. The lowest BCUT2D eigenvalue weighted by atomic mass is 9.76. The quantitative estimate of drug-likeness (QED) is 0.699. The monoisotopic (exact) mass is 273 g/mol. The van der Waals surface area contributed by atoms with Crippen LogP contribution in [0.4, 0.5) is 0 Å². The molecule has 0 aliphatic heterocycles. The summed E-state index contributed by atoms with van der Waals surface area (Å²) in [6.07, 6.45) is 5.39. The molecule has 1 saturated carbocycles. The second-order valence-electron chi connectivity index (χ2n) is 7.49. The summed E-state index contributed by atoms with van der Waals surface area (Å²) in [4.78, 5) is 0. The topological polar surface area (TPSA) is 12.0 Å². The van der Waals surface area contributed by atoms with E-state index < -0.39 is 0 Å². The van der Waals surface area contributed by atoms with Gasteiger partial charge in [0.2, 0.25) is 0 Å². The predicted molar refractivity (Wildman–Crippen MR) is 88.4 cm³/mol. The first-order valence-electron chi connectivity index (χ1n) is 8.30. The van der Waals surface area contributed by atoms with Gasteiger partial charge in [0.1, 0.15) is 0 Å². The summed E-state index contributed by atoms with van der Waals surface area (Å²) in [5.41, 5.74) is 3.34. The van der Waals surface area contributed by atoms with Crippen molar-refractivity contribution < 1.29 is 0 Å². The molecule has 1 fully saturated rings. The molecule has 1 heteroatoms. The lowest BCUT2D eigenvalue weighted by molar-refractivity contribution is 0.415. The first kappa shape index (κ1) is 15.6. The number of rotatable bonds is 7. The molecule has 0 spiro atoms. The van der Waals surface area contributed by atoms with Crippen molar-refractivity contribution >= 4 is 0 Å². The Labute approximate surface area is 125 Å². The van der Waals surface area contributed by atoms with Crippen LogP contribution in [0.3, 0.4) is 0 Å². The Morgan fingerprint density at radius 2 is 2.00 bits per heavy atom. The summed E-state index contributed by atoms with van der Waals surface area (Å²) in [5.74, 6) is 1.57. The molecule has 1 N–H and O–H groups in total. The van der Waals surface area contributed by atoms with Gasteiger partial charge in [0.15, 0.2) is 0 Å². The molecule has 0 radical (unpaired) electrons. The van der Waals surface area contributed by atoms with Crippen molar-refractivity contribution in [3.63, 3.8) is 0 Å².